The van der Waals surface area contributed by atoms with E-state index in [9.17, 15) is 26.7 Å². The fraction of sp³-hybridized carbons (Fsp3) is 0.448. The molecule has 2 fully saturated rings. The molecule has 48 heavy (non-hydrogen) atoms. The number of halogens is 5. The minimum Gasteiger partial charge on any atom is -0.467 e. The summed E-state index contributed by atoms with van der Waals surface area (Å²) in [6.07, 6.45) is 5.37. The molecule has 3 N–H and O–H groups in total. The Labute approximate surface area is 269 Å². The molecule has 0 atom stereocenters. The third kappa shape index (κ3) is 7.40. The van der Waals surface area contributed by atoms with Gasteiger partial charge in [-0.2, -0.15) is 27.1 Å². The number of methoxy groups -OCH3 is 1. The molecule has 0 spiro atoms. The van der Waals surface area contributed by atoms with Gasteiger partial charge in [-0.15, -0.1) is 0 Å². The molecule has 6 rings (SSSR count). The molecule has 4 aromatic rings. The molecule has 4 heterocycles. The predicted molar refractivity (Wildman–Crippen MR) is 159 cm³/mol. The zero-order valence-corrected chi connectivity index (χ0v) is 25.4. The Balaban J connectivity index is 1.17. The van der Waals surface area contributed by atoms with Crippen LogP contribution in [0.2, 0.25) is 0 Å². The summed E-state index contributed by atoms with van der Waals surface area (Å²) in [6, 6.07) is 0.602. The highest BCUT2D eigenvalue weighted by molar-refractivity contribution is 5.87. The first-order valence-corrected chi connectivity index (χ1v) is 14.9. The van der Waals surface area contributed by atoms with Crippen molar-refractivity contribution in [2.24, 2.45) is 5.73 Å². The van der Waals surface area contributed by atoms with E-state index in [1.807, 2.05) is 0 Å². The molecule has 4 aromatic heterocycles. The van der Waals surface area contributed by atoms with Crippen LogP contribution in [-0.4, -0.2) is 77.1 Å². The van der Waals surface area contributed by atoms with Crippen molar-refractivity contribution in [2.45, 2.75) is 68.9 Å². The van der Waals surface area contributed by atoms with Gasteiger partial charge in [0.1, 0.15) is 23.6 Å². The van der Waals surface area contributed by atoms with Gasteiger partial charge in [0.05, 0.1) is 30.7 Å². The van der Waals surface area contributed by atoms with Gasteiger partial charge in [0.15, 0.2) is 5.82 Å². The molecule has 14 nitrogen and oxygen atoms in total. The number of nitrogens with one attached hydrogen (secondary N) is 1. The Kier molecular flexibility index (Phi) is 9.04. The molecule has 0 aromatic carbocycles. The summed E-state index contributed by atoms with van der Waals surface area (Å²) in [7, 11) is 1.45. The van der Waals surface area contributed by atoms with Crippen molar-refractivity contribution in [2.75, 3.05) is 23.9 Å². The first kappa shape index (κ1) is 32.9. The quantitative estimate of drug-likeness (QED) is 0.219. The summed E-state index contributed by atoms with van der Waals surface area (Å²) in [5.41, 5.74) is 4.46. The number of aromatic nitrogens is 8. The van der Waals surface area contributed by atoms with E-state index in [1.54, 1.807) is 0 Å². The molecular formula is C29H30F5N11O3. The lowest BCUT2D eigenvalue weighted by Crippen LogP contribution is -2.46. The van der Waals surface area contributed by atoms with Crippen LogP contribution in [0.1, 0.15) is 50.6 Å². The Morgan fingerprint density at radius 2 is 1.77 bits per heavy atom. The van der Waals surface area contributed by atoms with Crippen molar-refractivity contribution in [1.82, 2.24) is 39.7 Å². The van der Waals surface area contributed by atoms with Crippen LogP contribution in [0.25, 0.3) is 22.6 Å². The van der Waals surface area contributed by atoms with Crippen LogP contribution in [0.3, 0.4) is 0 Å². The van der Waals surface area contributed by atoms with Gasteiger partial charge < -0.3 is 20.5 Å². The normalized spacial score (nSPS) is 18.8. The van der Waals surface area contributed by atoms with Crippen molar-refractivity contribution in [3.8, 4) is 28.7 Å². The topological polar surface area (TPSA) is 172 Å². The number of hydrogen-bond donors (Lipinski definition) is 2. The van der Waals surface area contributed by atoms with Gasteiger partial charge in [-0.05, 0) is 44.6 Å². The van der Waals surface area contributed by atoms with Gasteiger partial charge in [0, 0.05) is 42.4 Å². The molecule has 0 radical (unpaired) electrons. The van der Waals surface area contributed by atoms with E-state index in [0.29, 0.717) is 43.1 Å². The summed E-state index contributed by atoms with van der Waals surface area (Å²) < 4.78 is 78.1. The highest BCUT2D eigenvalue weighted by atomic mass is 19.4. The van der Waals surface area contributed by atoms with Crippen molar-refractivity contribution in [1.29, 1.82) is 0 Å². The first-order chi connectivity index (χ1) is 22.9. The fourth-order valence-corrected chi connectivity index (χ4v) is 5.25. The predicted octanol–water partition coefficient (Wildman–Crippen LogP) is 4.87. The number of alkyl halides is 5. The highest BCUT2D eigenvalue weighted by Crippen LogP contribution is 2.37. The second-order valence-corrected chi connectivity index (χ2v) is 11.6. The number of ether oxygens (including phenoxy) is 2. The van der Waals surface area contributed by atoms with E-state index >= 15 is 0 Å². The van der Waals surface area contributed by atoms with Crippen LogP contribution >= 0.6 is 0 Å². The van der Waals surface area contributed by atoms with E-state index in [-0.39, 0.29) is 46.8 Å². The molecular weight excluding hydrogens is 645 g/mol. The van der Waals surface area contributed by atoms with E-state index in [2.05, 4.69) is 40.3 Å². The molecule has 2 aliphatic rings. The van der Waals surface area contributed by atoms with Crippen LogP contribution in [-0.2, 0) is 10.9 Å². The van der Waals surface area contributed by atoms with Crippen molar-refractivity contribution < 1.29 is 36.2 Å². The molecule has 0 bridgehead atoms. The number of carbonyl (C=O) groups is 1. The number of hydrogen-bond acceptors (Lipinski definition) is 12. The maximum atomic E-state index is 13.7. The standard InChI is InChI=1S/C29H30F5N11O3/c1-47-26-39-10-16(11-40-26)21-13-37-22(14-36-21)45(27(46)48-15-28(35)7-8-28)18-4-2-17(3-5-18)41-25-38-12-19(29(32,33)34)23(42-25)20-6-9-44(43-20)24(30)31/h6,9-14,17-18,24H,2-5,7-8,15,35H2,1H3,(H,38,41,42)/t17-,18-. The van der Waals surface area contributed by atoms with Crippen molar-refractivity contribution in [3.05, 3.63) is 48.8 Å². The number of nitrogens with zero attached hydrogens (tertiary/aromatic N) is 9. The number of carbonyl (C=O) groups excluding carboxylic acids is 1. The molecule has 1 amide bonds. The van der Waals surface area contributed by atoms with Crippen LogP contribution in [0.15, 0.2) is 43.2 Å². The highest BCUT2D eigenvalue weighted by Gasteiger charge is 2.41. The Morgan fingerprint density at radius 3 is 2.35 bits per heavy atom. The summed E-state index contributed by atoms with van der Waals surface area (Å²) in [4.78, 5) is 39.8. The zero-order valence-electron chi connectivity index (χ0n) is 25.4. The lowest BCUT2D eigenvalue weighted by Gasteiger charge is -2.36. The van der Waals surface area contributed by atoms with E-state index < -0.39 is 35.6 Å². The van der Waals surface area contributed by atoms with Gasteiger partial charge in [-0.1, -0.05) is 0 Å². The fourth-order valence-electron chi connectivity index (χ4n) is 5.25. The van der Waals surface area contributed by atoms with E-state index in [0.717, 1.165) is 25.1 Å². The summed E-state index contributed by atoms with van der Waals surface area (Å²) in [5, 5.41) is 6.59. The molecule has 19 heteroatoms. The number of nitrogens with two attached hydrogens (primary N) is 1. The molecule has 254 valence electrons. The van der Waals surface area contributed by atoms with Crippen molar-refractivity contribution in [3.63, 3.8) is 0 Å². The largest absolute Gasteiger partial charge is 0.467 e. The smallest absolute Gasteiger partial charge is 0.420 e. The summed E-state index contributed by atoms with van der Waals surface area (Å²) in [5.74, 6) is 0.140. The Morgan fingerprint density at radius 1 is 1.04 bits per heavy atom. The van der Waals surface area contributed by atoms with E-state index in [4.69, 9.17) is 15.2 Å². The minimum atomic E-state index is -4.84. The maximum Gasteiger partial charge on any atom is 0.420 e. The second kappa shape index (κ2) is 13.2. The molecule has 0 saturated heterocycles. The van der Waals surface area contributed by atoms with Gasteiger partial charge >= 0.3 is 24.8 Å². The number of rotatable bonds is 10. The molecule has 2 saturated carbocycles. The van der Waals surface area contributed by atoms with Crippen molar-refractivity contribution >= 4 is 17.9 Å². The average Bonchev–Trinajstić information content (AvgIpc) is 3.60. The molecule has 0 aliphatic heterocycles. The lowest BCUT2D eigenvalue weighted by atomic mass is 9.90. The van der Waals surface area contributed by atoms with Crippen LogP contribution < -0.4 is 20.7 Å². The second-order valence-electron chi connectivity index (χ2n) is 11.6. The van der Waals surface area contributed by atoms with Gasteiger partial charge in [0.25, 0.3) is 0 Å². The van der Waals surface area contributed by atoms with Gasteiger partial charge in [0.2, 0.25) is 5.95 Å². The third-order valence-electron chi connectivity index (χ3n) is 8.10. The SMILES string of the molecule is COc1ncc(-c2cnc(N(C(=O)OCC3(N)CC3)[C@H]3CC[C@H](Nc4ncc(C(F)(F)F)c(-c5ccn(C(F)F)n5)n4)CC3)cn2)cn1. The minimum absolute atomic E-state index is 0.0527. The number of amides is 1. The lowest BCUT2D eigenvalue weighted by molar-refractivity contribution is -0.137. The first-order valence-electron chi connectivity index (χ1n) is 14.9. The van der Waals surface area contributed by atoms with Crippen LogP contribution in [0.5, 0.6) is 6.01 Å². The zero-order chi connectivity index (χ0) is 34.1. The van der Waals surface area contributed by atoms with Gasteiger partial charge in [-0.3, -0.25) is 9.88 Å². The number of anilines is 2. The molecule has 2 aliphatic carbocycles. The average molecular weight is 676 g/mol. The molecule has 0 unspecified atom stereocenters. The monoisotopic (exact) mass is 675 g/mol. The van der Waals surface area contributed by atoms with E-state index in [1.165, 1.54) is 36.8 Å². The summed E-state index contributed by atoms with van der Waals surface area (Å²) >= 11 is 0. The maximum absolute atomic E-state index is 13.7. The Bertz CT molecular complexity index is 1730. The van der Waals surface area contributed by atoms with Crippen LogP contribution in [0.4, 0.5) is 38.5 Å². The Hall–Kier alpha value is -5.07. The third-order valence-corrected chi connectivity index (χ3v) is 8.10. The summed E-state index contributed by atoms with van der Waals surface area (Å²) in [6.45, 7) is -2.98. The van der Waals surface area contributed by atoms with Crippen LogP contribution in [0, 0.1) is 0 Å². The van der Waals surface area contributed by atoms with Gasteiger partial charge in [-0.25, -0.2) is 34.4 Å².